The monoisotopic (exact) mass is 297 g/mol. The molecule has 3 aromatic rings. The van der Waals surface area contributed by atoms with Gasteiger partial charge in [-0.2, -0.15) is 4.98 Å². The SMILES string of the molecule is CC(c1cnco1)n1c(=O)nc(N)c2ccc(C3CC3)nc21. The maximum atomic E-state index is 12.4. The molecule has 1 fully saturated rings. The normalized spacial score (nSPS) is 16.0. The first-order valence-electron chi connectivity index (χ1n) is 7.22. The van der Waals surface area contributed by atoms with Gasteiger partial charge in [0.1, 0.15) is 17.2 Å². The molecule has 1 unspecified atom stereocenters. The lowest BCUT2D eigenvalue weighted by Crippen LogP contribution is -2.28. The zero-order valence-electron chi connectivity index (χ0n) is 12.1. The molecule has 7 nitrogen and oxygen atoms in total. The van der Waals surface area contributed by atoms with Crippen LogP contribution in [0, 0.1) is 0 Å². The molecule has 3 aromatic heterocycles. The minimum absolute atomic E-state index is 0.205. The highest BCUT2D eigenvalue weighted by molar-refractivity contribution is 5.85. The number of nitrogens with zero attached hydrogens (tertiary/aromatic N) is 4. The third-order valence-electron chi connectivity index (χ3n) is 4.07. The quantitative estimate of drug-likeness (QED) is 0.792. The van der Waals surface area contributed by atoms with Gasteiger partial charge in [0.05, 0.1) is 17.6 Å². The molecule has 0 spiro atoms. The van der Waals surface area contributed by atoms with E-state index in [1.807, 2.05) is 19.1 Å². The van der Waals surface area contributed by atoms with Crippen molar-refractivity contribution in [2.75, 3.05) is 5.73 Å². The number of nitrogens with two attached hydrogens (primary N) is 1. The highest BCUT2D eigenvalue weighted by atomic mass is 16.3. The lowest BCUT2D eigenvalue weighted by molar-refractivity contribution is 0.440. The summed E-state index contributed by atoms with van der Waals surface area (Å²) < 4.78 is 6.83. The molecular weight excluding hydrogens is 282 g/mol. The zero-order chi connectivity index (χ0) is 15.3. The summed E-state index contributed by atoms with van der Waals surface area (Å²) in [4.78, 5) is 24.8. The molecule has 22 heavy (non-hydrogen) atoms. The van der Waals surface area contributed by atoms with Crippen LogP contribution in [0.5, 0.6) is 0 Å². The van der Waals surface area contributed by atoms with E-state index < -0.39 is 5.69 Å². The Morgan fingerprint density at radius 1 is 1.36 bits per heavy atom. The highest BCUT2D eigenvalue weighted by Gasteiger charge is 2.26. The first-order valence-corrected chi connectivity index (χ1v) is 7.22. The molecular formula is C15H15N5O2. The van der Waals surface area contributed by atoms with Gasteiger partial charge in [0.2, 0.25) is 0 Å². The van der Waals surface area contributed by atoms with Crippen LogP contribution < -0.4 is 11.4 Å². The van der Waals surface area contributed by atoms with Crippen LogP contribution in [0.1, 0.15) is 43.2 Å². The lowest BCUT2D eigenvalue weighted by Gasteiger charge is -2.15. The second-order valence-electron chi connectivity index (χ2n) is 5.61. The summed E-state index contributed by atoms with van der Waals surface area (Å²) in [6.07, 6.45) is 5.21. The first kappa shape index (κ1) is 13.0. The van der Waals surface area contributed by atoms with E-state index in [0.717, 1.165) is 18.5 Å². The minimum Gasteiger partial charge on any atom is -0.446 e. The number of hydrogen-bond acceptors (Lipinski definition) is 6. The Hall–Kier alpha value is -2.70. The summed E-state index contributed by atoms with van der Waals surface area (Å²) in [5.74, 6) is 1.27. The molecule has 0 aromatic carbocycles. The van der Waals surface area contributed by atoms with Gasteiger partial charge in [0, 0.05) is 11.6 Å². The largest absolute Gasteiger partial charge is 0.446 e. The van der Waals surface area contributed by atoms with Crippen molar-refractivity contribution in [2.45, 2.75) is 31.7 Å². The Labute approximate surface area is 125 Å². The molecule has 7 heteroatoms. The summed E-state index contributed by atoms with van der Waals surface area (Å²) in [5.41, 5.74) is 6.99. The molecule has 0 bridgehead atoms. The van der Waals surface area contributed by atoms with Crippen molar-refractivity contribution in [3.8, 4) is 0 Å². The van der Waals surface area contributed by atoms with Gasteiger partial charge in [0.15, 0.2) is 6.39 Å². The molecule has 1 aliphatic rings. The van der Waals surface area contributed by atoms with Crippen LogP contribution in [0.4, 0.5) is 5.82 Å². The summed E-state index contributed by atoms with van der Waals surface area (Å²) in [6.45, 7) is 1.85. The van der Waals surface area contributed by atoms with Crippen LogP contribution in [0.25, 0.3) is 11.0 Å². The van der Waals surface area contributed by atoms with Crippen molar-refractivity contribution in [3.63, 3.8) is 0 Å². The predicted molar refractivity (Wildman–Crippen MR) is 80.5 cm³/mol. The van der Waals surface area contributed by atoms with Gasteiger partial charge in [-0.1, -0.05) is 0 Å². The van der Waals surface area contributed by atoms with Gasteiger partial charge in [-0.05, 0) is 31.9 Å². The third-order valence-corrected chi connectivity index (χ3v) is 4.07. The molecule has 1 saturated carbocycles. The Balaban J connectivity index is 1.99. The predicted octanol–water partition coefficient (Wildman–Crippen LogP) is 1.85. The van der Waals surface area contributed by atoms with Gasteiger partial charge < -0.3 is 10.2 Å². The van der Waals surface area contributed by atoms with Crippen LogP contribution in [-0.2, 0) is 0 Å². The molecule has 0 aliphatic heterocycles. The molecule has 0 saturated heterocycles. The van der Waals surface area contributed by atoms with E-state index in [1.54, 1.807) is 6.20 Å². The molecule has 112 valence electrons. The van der Waals surface area contributed by atoms with Crippen molar-refractivity contribution in [3.05, 3.63) is 46.7 Å². The van der Waals surface area contributed by atoms with Crippen LogP contribution in [-0.4, -0.2) is 19.5 Å². The number of oxazole rings is 1. The topological polar surface area (TPSA) is 99.8 Å². The van der Waals surface area contributed by atoms with Gasteiger partial charge in [-0.15, -0.1) is 0 Å². The molecule has 1 atom stereocenters. The fraction of sp³-hybridized carbons (Fsp3) is 0.333. The molecule has 3 heterocycles. The van der Waals surface area contributed by atoms with Crippen molar-refractivity contribution in [2.24, 2.45) is 0 Å². The lowest BCUT2D eigenvalue weighted by atomic mass is 10.2. The Kier molecular flexibility index (Phi) is 2.75. The smallest absolute Gasteiger partial charge is 0.351 e. The molecule has 2 N–H and O–H groups in total. The number of aromatic nitrogens is 4. The standard InChI is InChI=1S/C15H15N5O2/c1-8(12-6-17-7-22-12)20-14-10(13(16)19-15(20)21)4-5-11(18-14)9-2-3-9/h4-9H,2-3H2,1H3,(H2,16,19,21). The zero-order valence-corrected chi connectivity index (χ0v) is 12.1. The van der Waals surface area contributed by atoms with Crippen molar-refractivity contribution < 1.29 is 4.42 Å². The number of nitrogen functional groups attached to an aromatic ring is 1. The van der Waals surface area contributed by atoms with Crippen LogP contribution in [0.3, 0.4) is 0 Å². The van der Waals surface area contributed by atoms with Crippen LogP contribution in [0.15, 0.2) is 33.9 Å². The average molecular weight is 297 g/mol. The third kappa shape index (κ3) is 1.97. The molecule has 0 amide bonds. The van der Waals surface area contributed by atoms with E-state index in [-0.39, 0.29) is 11.9 Å². The fourth-order valence-corrected chi connectivity index (χ4v) is 2.67. The molecule has 4 rings (SSSR count). The number of fused-ring (bicyclic) bond motifs is 1. The summed E-state index contributed by atoms with van der Waals surface area (Å²) in [6, 6.07) is 3.50. The van der Waals surface area contributed by atoms with E-state index in [9.17, 15) is 4.79 Å². The number of hydrogen-bond donors (Lipinski definition) is 1. The van der Waals surface area contributed by atoms with Gasteiger partial charge in [0.25, 0.3) is 0 Å². The number of pyridine rings is 1. The summed E-state index contributed by atoms with van der Waals surface area (Å²) in [5, 5.41) is 0.676. The van der Waals surface area contributed by atoms with Crippen molar-refractivity contribution in [1.82, 2.24) is 19.5 Å². The highest BCUT2D eigenvalue weighted by Crippen LogP contribution is 2.39. The van der Waals surface area contributed by atoms with E-state index in [0.29, 0.717) is 22.7 Å². The van der Waals surface area contributed by atoms with Crippen molar-refractivity contribution in [1.29, 1.82) is 0 Å². The van der Waals surface area contributed by atoms with Crippen LogP contribution >= 0.6 is 0 Å². The van der Waals surface area contributed by atoms with E-state index in [1.165, 1.54) is 11.0 Å². The van der Waals surface area contributed by atoms with E-state index in [2.05, 4.69) is 15.0 Å². The van der Waals surface area contributed by atoms with E-state index >= 15 is 0 Å². The first-order chi connectivity index (χ1) is 10.6. The summed E-state index contributed by atoms with van der Waals surface area (Å²) >= 11 is 0. The second kappa shape index (κ2) is 4.66. The van der Waals surface area contributed by atoms with E-state index in [4.69, 9.17) is 10.2 Å². The fourth-order valence-electron chi connectivity index (χ4n) is 2.67. The van der Waals surface area contributed by atoms with Crippen molar-refractivity contribution >= 4 is 16.9 Å². The molecule has 1 aliphatic carbocycles. The number of anilines is 1. The summed E-state index contributed by atoms with van der Waals surface area (Å²) in [7, 11) is 0. The maximum absolute atomic E-state index is 12.4. The van der Waals surface area contributed by atoms with Crippen LogP contribution in [0.2, 0.25) is 0 Å². The Morgan fingerprint density at radius 2 is 2.18 bits per heavy atom. The average Bonchev–Trinajstić information content (AvgIpc) is 3.21. The van der Waals surface area contributed by atoms with Gasteiger partial charge in [-0.25, -0.2) is 14.8 Å². The molecule has 0 radical (unpaired) electrons. The number of rotatable bonds is 3. The Morgan fingerprint density at radius 3 is 2.86 bits per heavy atom. The minimum atomic E-state index is -0.436. The Bertz CT molecular complexity index is 896. The second-order valence-corrected chi connectivity index (χ2v) is 5.61. The van der Waals surface area contributed by atoms with Gasteiger partial charge >= 0.3 is 5.69 Å². The maximum Gasteiger partial charge on any atom is 0.351 e. The van der Waals surface area contributed by atoms with Gasteiger partial charge in [-0.3, -0.25) is 4.57 Å².